The first-order valence-corrected chi connectivity index (χ1v) is 5.79. The van der Waals surface area contributed by atoms with Crippen LogP contribution < -0.4 is 9.47 Å². The van der Waals surface area contributed by atoms with E-state index >= 15 is 0 Å². The SMILES string of the molecule is COC(=O)c1cc2c(OC)ccc(OC)c2nc1Cl. The molecule has 0 aliphatic heterocycles. The molecule has 100 valence electrons. The molecule has 1 aromatic carbocycles. The zero-order valence-corrected chi connectivity index (χ0v) is 11.4. The molecule has 0 atom stereocenters. The lowest BCUT2D eigenvalue weighted by Gasteiger charge is -2.11. The molecule has 19 heavy (non-hydrogen) atoms. The lowest BCUT2D eigenvalue weighted by atomic mass is 10.1. The van der Waals surface area contributed by atoms with Crippen LogP contribution in [0.2, 0.25) is 5.15 Å². The summed E-state index contributed by atoms with van der Waals surface area (Å²) in [6, 6.07) is 5.04. The van der Waals surface area contributed by atoms with Crippen LogP contribution >= 0.6 is 11.6 Å². The van der Waals surface area contributed by atoms with E-state index in [9.17, 15) is 4.79 Å². The normalized spacial score (nSPS) is 10.3. The Morgan fingerprint density at radius 2 is 1.79 bits per heavy atom. The fraction of sp³-hybridized carbons (Fsp3) is 0.231. The van der Waals surface area contributed by atoms with Crippen LogP contribution in [0.3, 0.4) is 0 Å². The van der Waals surface area contributed by atoms with E-state index in [1.165, 1.54) is 21.3 Å². The van der Waals surface area contributed by atoms with Gasteiger partial charge in [-0.25, -0.2) is 9.78 Å². The number of halogens is 1. The number of nitrogens with zero attached hydrogens (tertiary/aromatic N) is 1. The molecule has 0 saturated carbocycles. The fourth-order valence-electron chi connectivity index (χ4n) is 1.78. The maximum atomic E-state index is 11.6. The second-order valence-corrected chi connectivity index (χ2v) is 4.04. The smallest absolute Gasteiger partial charge is 0.341 e. The van der Waals surface area contributed by atoms with Gasteiger partial charge in [0.1, 0.15) is 22.2 Å². The molecule has 0 N–H and O–H groups in total. The second-order valence-electron chi connectivity index (χ2n) is 3.68. The van der Waals surface area contributed by atoms with Gasteiger partial charge in [-0.3, -0.25) is 0 Å². The van der Waals surface area contributed by atoms with Crippen molar-refractivity contribution in [3.05, 3.63) is 28.9 Å². The van der Waals surface area contributed by atoms with Gasteiger partial charge in [-0.15, -0.1) is 0 Å². The Morgan fingerprint density at radius 3 is 2.37 bits per heavy atom. The van der Waals surface area contributed by atoms with Crippen LogP contribution in [-0.4, -0.2) is 32.3 Å². The van der Waals surface area contributed by atoms with Crippen molar-refractivity contribution in [2.45, 2.75) is 0 Å². The van der Waals surface area contributed by atoms with Crippen LogP contribution in [0.5, 0.6) is 11.5 Å². The number of rotatable bonds is 3. The van der Waals surface area contributed by atoms with Gasteiger partial charge in [0.15, 0.2) is 0 Å². The molecule has 1 heterocycles. The summed E-state index contributed by atoms with van der Waals surface area (Å²) in [5.74, 6) is 0.573. The first-order chi connectivity index (χ1) is 9.12. The highest BCUT2D eigenvalue weighted by molar-refractivity contribution is 6.33. The number of hydrogen-bond donors (Lipinski definition) is 0. The molecule has 2 aromatic rings. The lowest BCUT2D eigenvalue weighted by Crippen LogP contribution is -2.04. The number of hydrogen-bond acceptors (Lipinski definition) is 5. The number of ether oxygens (including phenoxy) is 3. The molecular weight excluding hydrogens is 270 g/mol. The number of methoxy groups -OCH3 is 3. The molecule has 6 heteroatoms. The molecule has 1 aromatic heterocycles. The van der Waals surface area contributed by atoms with Crippen molar-refractivity contribution in [2.24, 2.45) is 0 Å². The fourth-order valence-corrected chi connectivity index (χ4v) is 2.00. The van der Waals surface area contributed by atoms with Gasteiger partial charge in [-0.05, 0) is 18.2 Å². The van der Waals surface area contributed by atoms with Gasteiger partial charge in [0.2, 0.25) is 0 Å². The number of carbonyl (C=O) groups is 1. The third-order valence-corrected chi connectivity index (χ3v) is 2.99. The summed E-state index contributed by atoms with van der Waals surface area (Å²) in [5, 5.41) is 0.692. The Balaban J connectivity index is 2.79. The lowest BCUT2D eigenvalue weighted by molar-refractivity contribution is 0.0600. The third-order valence-electron chi connectivity index (χ3n) is 2.71. The zero-order chi connectivity index (χ0) is 14.0. The Bertz CT molecular complexity index is 642. The molecule has 0 bridgehead atoms. The number of pyridine rings is 1. The molecule has 0 aliphatic rings. The van der Waals surface area contributed by atoms with Crippen molar-refractivity contribution < 1.29 is 19.0 Å². The van der Waals surface area contributed by atoms with Crippen LogP contribution in [0.1, 0.15) is 10.4 Å². The van der Waals surface area contributed by atoms with Crippen LogP contribution in [0, 0.1) is 0 Å². The Morgan fingerprint density at radius 1 is 1.16 bits per heavy atom. The van der Waals surface area contributed by atoms with E-state index in [2.05, 4.69) is 9.72 Å². The molecular formula is C13H12ClNO4. The minimum atomic E-state index is -0.552. The molecule has 2 rings (SSSR count). The number of esters is 1. The van der Waals surface area contributed by atoms with E-state index in [1.807, 2.05) is 0 Å². The molecule has 5 nitrogen and oxygen atoms in total. The number of fused-ring (bicyclic) bond motifs is 1. The minimum Gasteiger partial charge on any atom is -0.496 e. The van der Waals surface area contributed by atoms with Gasteiger partial charge in [-0.2, -0.15) is 0 Å². The van der Waals surface area contributed by atoms with Crippen LogP contribution in [-0.2, 0) is 4.74 Å². The summed E-state index contributed by atoms with van der Waals surface area (Å²) in [7, 11) is 4.35. The highest BCUT2D eigenvalue weighted by Crippen LogP contribution is 2.34. The van der Waals surface area contributed by atoms with Crippen molar-refractivity contribution in [3.8, 4) is 11.5 Å². The predicted octanol–water partition coefficient (Wildman–Crippen LogP) is 2.69. The van der Waals surface area contributed by atoms with E-state index in [1.54, 1.807) is 18.2 Å². The number of benzene rings is 1. The second kappa shape index (κ2) is 5.32. The van der Waals surface area contributed by atoms with Gasteiger partial charge in [-0.1, -0.05) is 11.6 Å². The maximum absolute atomic E-state index is 11.6. The van der Waals surface area contributed by atoms with Crippen molar-refractivity contribution in [1.29, 1.82) is 0 Å². The monoisotopic (exact) mass is 281 g/mol. The van der Waals surface area contributed by atoms with Crippen LogP contribution in [0.4, 0.5) is 0 Å². The zero-order valence-electron chi connectivity index (χ0n) is 10.7. The van der Waals surface area contributed by atoms with Crippen molar-refractivity contribution in [1.82, 2.24) is 4.98 Å². The summed E-state index contributed by atoms with van der Waals surface area (Å²) in [4.78, 5) is 15.8. The van der Waals surface area contributed by atoms with Gasteiger partial charge >= 0.3 is 5.97 Å². The Hall–Kier alpha value is -2.01. The third kappa shape index (κ3) is 2.29. The Labute approximate surface area is 115 Å². The molecule has 0 unspecified atom stereocenters. The number of carbonyl (C=O) groups excluding carboxylic acids is 1. The summed E-state index contributed by atoms with van der Waals surface area (Å²) in [6.07, 6.45) is 0. The summed E-state index contributed by atoms with van der Waals surface area (Å²) >= 11 is 5.99. The summed E-state index contributed by atoms with van der Waals surface area (Å²) in [6.45, 7) is 0. The number of aromatic nitrogens is 1. The summed E-state index contributed by atoms with van der Waals surface area (Å²) in [5.41, 5.74) is 0.711. The van der Waals surface area contributed by atoms with Gasteiger partial charge < -0.3 is 14.2 Å². The highest BCUT2D eigenvalue weighted by atomic mass is 35.5. The van der Waals surface area contributed by atoms with Crippen LogP contribution in [0.25, 0.3) is 10.9 Å². The topological polar surface area (TPSA) is 57.7 Å². The molecule has 0 saturated heterocycles. The van der Waals surface area contributed by atoms with E-state index in [0.29, 0.717) is 22.4 Å². The van der Waals surface area contributed by atoms with Crippen molar-refractivity contribution >= 4 is 28.5 Å². The first kappa shape index (κ1) is 13.4. The van der Waals surface area contributed by atoms with Gasteiger partial charge in [0.05, 0.1) is 26.9 Å². The van der Waals surface area contributed by atoms with Crippen LogP contribution in [0.15, 0.2) is 18.2 Å². The first-order valence-electron chi connectivity index (χ1n) is 5.42. The van der Waals surface area contributed by atoms with E-state index < -0.39 is 5.97 Å². The molecule has 0 radical (unpaired) electrons. The predicted molar refractivity (Wildman–Crippen MR) is 71.2 cm³/mol. The van der Waals surface area contributed by atoms with Gasteiger partial charge in [0.25, 0.3) is 0 Å². The minimum absolute atomic E-state index is 0.0610. The average molecular weight is 282 g/mol. The van der Waals surface area contributed by atoms with E-state index in [4.69, 9.17) is 21.1 Å². The molecule has 0 aliphatic carbocycles. The van der Waals surface area contributed by atoms with E-state index in [0.717, 1.165) is 0 Å². The summed E-state index contributed by atoms with van der Waals surface area (Å²) < 4.78 is 15.1. The average Bonchev–Trinajstić information content (AvgIpc) is 2.44. The maximum Gasteiger partial charge on any atom is 0.341 e. The van der Waals surface area contributed by atoms with E-state index in [-0.39, 0.29) is 10.7 Å². The van der Waals surface area contributed by atoms with Crippen molar-refractivity contribution in [2.75, 3.05) is 21.3 Å². The van der Waals surface area contributed by atoms with Crippen molar-refractivity contribution in [3.63, 3.8) is 0 Å². The largest absolute Gasteiger partial charge is 0.496 e. The molecule has 0 fully saturated rings. The van der Waals surface area contributed by atoms with Gasteiger partial charge in [0, 0.05) is 5.39 Å². The standard InChI is InChI=1S/C13H12ClNO4/c1-17-9-4-5-10(18-2)11-7(9)6-8(12(14)15-11)13(16)19-3/h4-6H,1-3H3. The molecule has 0 amide bonds. The quantitative estimate of drug-likeness (QED) is 0.639. The molecule has 0 spiro atoms. The Kier molecular flexibility index (Phi) is 3.76. The highest BCUT2D eigenvalue weighted by Gasteiger charge is 2.17.